The van der Waals surface area contributed by atoms with Crippen molar-refractivity contribution in [2.24, 2.45) is 0 Å². The van der Waals surface area contributed by atoms with Gasteiger partial charge in [0.15, 0.2) is 0 Å². The van der Waals surface area contributed by atoms with Crippen LogP contribution in [-0.2, 0) is 6.54 Å². The zero-order chi connectivity index (χ0) is 14.9. The van der Waals surface area contributed by atoms with Gasteiger partial charge in [0.05, 0.1) is 15.9 Å². The summed E-state index contributed by atoms with van der Waals surface area (Å²) < 4.78 is 2.59. The van der Waals surface area contributed by atoms with Crippen molar-refractivity contribution in [2.75, 3.05) is 5.73 Å². The van der Waals surface area contributed by atoms with Crippen LogP contribution in [0.15, 0.2) is 44.2 Å². The van der Waals surface area contributed by atoms with Gasteiger partial charge in [0.2, 0.25) is 0 Å². The van der Waals surface area contributed by atoms with E-state index >= 15 is 0 Å². The van der Waals surface area contributed by atoms with E-state index < -0.39 is 4.92 Å². The number of rotatable bonds is 3. The summed E-state index contributed by atoms with van der Waals surface area (Å²) in [5.74, 6) is 0. The lowest BCUT2D eigenvalue weighted by molar-refractivity contribution is -0.384. The molecule has 0 unspecified atom stereocenters. The van der Waals surface area contributed by atoms with E-state index in [1.54, 1.807) is 18.3 Å². The van der Waals surface area contributed by atoms with E-state index in [0.717, 1.165) is 4.47 Å². The summed E-state index contributed by atoms with van der Waals surface area (Å²) in [6, 6.07) is 6.13. The first-order chi connectivity index (χ1) is 9.38. The van der Waals surface area contributed by atoms with Gasteiger partial charge in [-0.1, -0.05) is 6.07 Å². The zero-order valence-electron chi connectivity index (χ0n) is 10.0. The van der Waals surface area contributed by atoms with Crippen molar-refractivity contribution in [3.8, 4) is 0 Å². The van der Waals surface area contributed by atoms with Gasteiger partial charge in [-0.2, -0.15) is 0 Å². The molecule has 0 aliphatic rings. The molecule has 2 aromatic rings. The van der Waals surface area contributed by atoms with Crippen molar-refractivity contribution < 1.29 is 4.92 Å². The van der Waals surface area contributed by atoms with E-state index in [4.69, 9.17) is 5.73 Å². The molecule has 0 spiro atoms. The molecule has 0 aliphatic heterocycles. The Kier molecular flexibility index (Phi) is 4.24. The molecule has 2 rings (SSSR count). The fourth-order valence-electron chi connectivity index (χ4n) is 1.72. The third-order valence-electron chi connectivity index (χ3n) is 2.65. The van der Waals surface area contributed by atoms with Gasteiger partial charge in [-0.25, -0.2) is 0 Å². The second-order valence-corrected chi connectivity index (χ2v) is 5.86. The van der Waals surface area contributed by atoms with E-state index in [2.05, 4.69) is 31.9 Å². The maximum Gasteiger partial charge on any atom is 0.292 e. The number of aromatic nitrogens is 1. The largest absolute Gasteiger partial charge is 0.393 e. The van der Waals surface area contributed by atoms with Gasteiger partial charge < -0.3 is 10.3 Å². The molecule has 0 radical (unpaired) electrons. The Morgan fingerprint density at radius 1 is 1.30 bits per heavy atom. The summed E-state index contributed by atoms with van der Waals surface area (Å²) in [6.45, 7) is 0.220. The van der Waals surface area contributed by atoms with Crippen LogP contribution in [-0.4, -0.2) is 9.49 Å². The fourth-order valence-corrected chi connectivity index (χ4v) is 2.98. The van der Waals surface area contributed by atoms with Crippen LogP contribution in [0.3, 0.4) is 0 Å². The Morgan fingerprint density at radius 3 is 2.65 bits per heavy atom. The number of hydrogen-bond donors (Lipinski definition) is 1. The summed E-state index contributed by atoms with van der Waals surface area (Å²) in [5.41, 5.74) is 5.88. The van der Waals surface area contributed by atoms with Crippen LogP contribution < -0.4 is 11.3 Å². The second kappa shape index (κ2) is 5.76. The van der Waals surface area contributed by atoms with Crippen LogP contribution in [0.2, 0.25) is 0 Å². The maximum absolute atomic E-state index is 11.9. The van der Waals surface area contributed by atoms with Crippen LogP contribution in [0.5, 0.6) is 0 Å². The smallest absolute Gasteiger partial charge is 0.292 e. The lowest BCUT2D eigenvalue weighted by atomic mass is 10.1. The predicted molar refractivity (Wildman–Crippen MR) is 82.7 cm³/mol. The zero-order valence-corrected chi connectivity index (χ0v) is 13.2. The molecule has 1 aromatic heterocycles. The van der Waals surface area contributed by atoms with Crippen molar-refractivity contribution in [2.45, 2.75) is 6.54 Å². The number of anilines is 1. The summed E-state index contributed by atoms with van der Waals surface area (Å²) in [4.78, 5) is 22.2. The Morgan fingerprint density at radius 2 is 2.00 bits per heavy atom. The van der Waals surface area contributed by atoms with Crippen molar-refractivity contribution in [1.29, 1.82) is 0 Å². The van der Waals surface area contributed by atoms with Gasteiger partial charge in [0.25, 0.3) is 11.2 Å². The normalized spacial score (nSPS) is 10.5. The quantitative estimate of drug-likeness (QED) is 0.485. The summed E-state index contributed by atoms with van der Waals surface area (Å²) in [6.07, 6.45) is 1.62. The minimum atomic E-state index is -0.543. The average molecular weight is 403 g/mol. The number of pyridine rings is 1. The number of nitrogen functional groups attached to an aromatic ring is 1. The van der Waals surface area contributed by atoms with Gasteiger partial charge in [-0.3, -0.25) is 14.9 Å². The summed E-state index contributed by atoms with van der Waals surface area (Å²) in [5, 5.41) is 10.8. The number of halogens is 2. The molecule has 0 amide bonds. The van der Waals surface area contributed by atoms with E-state index in [9.17, 15) is 14.9 Å². The highest BCUT2D eigenvalue weighted by atomic mass is 79.9. The van der Waals surface area contributed by atoms with Gasteiger partial charge in [0.1, 0.15) is 5.69 Å². The molecule has 6 nitrogen and oxygen atoms in total. The first-order valence-corrected chi connectivity index (χ1v) is 7.05. The van der Waals surface area contributed by atoms with Crippen molar-refractivity contribution in [3.05, 3.63) is 65.4 Å². The molecule has 0 fully saturated rings. The molecule has 20 heavy (non-hydrogen) atoms. The third-order valence-corrected chi connectivity index (χ3v) is 3.66. The number of nitrogens with two attached hydrogens (primary N) is 1. The molecule has 0 saturated heterocycles. The Balaban J connectivity index is 2.43. The predicted octanol–water partition coefficient (Wildman–Crippen LogP) is 2.91. The first-order valence-electron chi connectivity index (χ1n) is 5.47. The van der Waals surface area contributed by atoms with Crippen molar-refractivity contribution >= 4 is 43.2 Å². The molecule has 2 N–H and O–H groups in total. The lowest BCUT2D eigenvalue weighted by Gasteiger charge is -2.08. The molecule has 0 saturated carbocycles. The Bertz CT molecular complexity index is 743. The Labute approximate surface area is 130 Å². The van der Waals surface area contributed by atoms with Crippen LogP contribution in [0.25, 0.3) is 0 Å². The van der Waals surface area contributed by atoms with Gasteiger partial charge in [-0.05, 0) is 49.6 Å². The highest BCUT2D eigenvalue weighted by Gasteiger charge is 2.12. The maximum atomic E-state index is 11.9. The molecule has 8 heteroatoms. The molecule has 104 valence electrons. The lowest BCUT2D eigenvalue weighted by Crippen LogP contribution is -2.20. The first kappa shape index (κ1) is 14.7. The second-order valence-electron chi connectivity index (χ2n) is 4.09. The molecule has 0 bridgehead atoms. The monoisotopic (exact) mass is 401 g/mol. The van der Waals surface area contributed by atoms with E-state index in [-0.39, 0.29) is 23.5 Å². The molecule has 0 aliphatic carbocycles. The number of benzene rings is 1. The number of nitrogens with zero attached hydrogens (tertiary/aromatic N) is 2. The van der Waals surface area contributed by atoms with E-state index in [1.807, 2.05) is 0 Å². The summed E-state index contributed by atoms with van der Waals surface area (Å²) >= 11 is 6.46. The van der Waals surface area contributed by atoms with Gasteiger partial charge >= 0.3 is 0 Å². The Hall–Kier alpha value is -1.67. The number of nitro groups is 1. The average Bonchev–Trinajstić information content (AvgIpc) is 2.37. The van der Waals surface area contributed by atoms with Gasteiger partial charge in [-0.15, -0.1) is 0 Å². The summed E-state index contributed by atoms with van der Waals surface area (Å²) in [7, 11) is 0. The van der Waals surface area contributed by atoms with Crippen LogP contribution >= 0.6 is 31.9 Å². The van der Waals surface area contributed by atoms with Crippen LogP contribution in [0.4, 0.5) is 11.4 Å². The SMILES string of the molecule is Nc1ccc(Cn2cc(Br)cc(Br)c2=O)cc1[N+](=O)[O-]. The minimum absolute atomic E-state index is 0.0986. The highest BCUT2D eigenvalue weighted by Crippen LogP contribution is 2.23. The molecular formula is C12H9Br2N3O3. The van der Waals surface area contributed by atoms with Crippen molar-refractivity contribution in [1.82, 2.24) is 4.57 Å². The number of nitro benzene ring substituents is 1. The molecular weight excluding hydrogens is 394 g/mol. The van der Waals surface area contributed by atoms with Crippen LogP contribution in [0.1, 0.15) is 5.56 Å². The highest BCUT2D eigenvalue weighted by molar-refractivity contribution is 9.11. The minimum Gasteiger partial charge on any atom is -0.393 e. The molecule has 1 aromatic carbocycles. The van der Waals surface area contributed by atoms with Crippen LogP contribution in [0, 0.1) is 10.1 Å². The number of hydrogen-bond acceptors (Lipinski definition) is 4. The molecule has 0 atom stereocenters. The fraction of sp³-hybridized carbons (Fsp3) is 0.0833. The van der Waals surface area contributed by atoms with Gasteiger partial charge in [0, 0.05) is 16.7 Å². The molecule has 1 heterocycles. The van der Waals surface area contributed by atoms with Crippen molar-refractivity contribution in [3.63, 3.8) is 0 Å². The third kappa shape index (κ3) is 3.07. The van der Waals surface area contributed by atoms with E-state index in [0.29, 0.717) is 10.0 Å². The van der Waals surface area contributed by atoms with E-state index in [1.165, 1.54) is 16.7 Å². The topological polar surface area (TPSA) is 91.2 Å². The standard InChI is InChI=1S/C12H9Br2N3O3/c13-8-4-9(14)12(18)16(6-8)5-7-1-2-10(15)11(3-7)17(19)20/h1-4,6H,5,15H2.